The molecule has 0 aliphatic heterocycles. The summed E-state index contributed by atoms with van der Waals surface area (Å²) in [6.45, 7) is 8.25. The lowest BCUT2D eigenvalue weighted by atomic mass is 10.1. The topological polar surface area (TPSA) is 90.3 Å². The number of nitrogens with one attached hydrogen (secondary N) is 1. The van der Waals surface area contributed by atoms with E-state index in [0.717, 1.165) is 5.56 Å². The van der Waals surface area contributed by atoms with Gasteiger partial charge in [0.15, 0.2) is 5.16 Å². The summed E-state index contributed by atoms with van der Waals surface area (Å²) in [4.78, 5) is 42.5. The highest BCUT2D eigenvalue weighted by atomic mass is 32.2. The highest BCUT2D eigenvalue weighted by Gasteiger charge is 2.21. The number of methoxy groups -OCH3 is 1. The molecule has 1 aromatic heterocycles. The number of esters is 1. The Morgan fingerprint density at radius 2 is 1.81 bits per heavy atom. The van der Waals surface area contributed by atoms with Crippen LogP contribution in [0.5, 0.6) is 0 Å². The predicted molar refractivity (Wildman–Crippen MR) is 127 cm³/mol. The maximum absolute atomic E-state index is 13.2. The normalized spacial score (nSPS) is 12.1. The van der Waals surface area contributed by atoms with Crippen molar-refractivity contribution in [2.45, 2.75) is 44.6 Å². The summed E-state index contributed by atoms with van der Waals surface area (Å²) < 4.78 is 6.38. The molecule has 1 unspecified atom stereocenters. The van der Waals surface area contributed by atoms with Crippen molar-refractivity contribution < 1.29 is 14.3 Å². The number of thioether (sulfide) groups is 1. The molecule has 2 aromatic carbocycles. The van der Waals surface area contributed by atoms with E-state index in [-0.39, 0.29) is 17.4 Å². The van der Waals surface area contributed by atoms with E-state index in [9.17, 15) is 14.4 Å². The number of anilines is 1. The number of aryl methyl sites for hydroxylation is 1. The molecule has 0 saturated carbocycles. The molecule has 8 heteroatoms. The molecule has 0 bridgehead atoms. The molecule has 0 spiro atoms. The van der Waals surface area contributed by atoms with Gasteiger partial charge >= 0.3 is 5.97 Å². The van der Waals surface area contributed by atoms with Crippen LogP contribution >= 0.6 is 11.8 Å². The average molecular weight is 454 g/mol. The summed E-state index contributed by atoms with van der Waals surface area (Å²) in [6, 6.07) is 12.2. The van der Waals surface area contributed by atoms with Gasteiger partial charge in [-0.1, -0.05) is 43.3 Å². The minimum atomic E-state index is -0.500. The first-order chi connectivity index (χ1) is 15.2. The number of carbonyl (C=O) groups excluding carboxylic acids is 2. The summed E-state index contributed by atoms with van der Waals surface area (Å²) in [5, 5.41) is 3.25. The molecule has 1 atom stereocenters. The fraction of sp³-hybridized carbons (Fsp3) is 0.333. The molecule has 0 aliphatic carbocycles. The second kappa shape index (κ2) is 9.99. The fourth-order valence-electron chi connectivity index (χ4n) is 3.15. The van der Waals surface area contributed by atoms with Crippen LogP contribution < -0.4 is 10.9 Å². The van der Waals surface area contributed by atoms with Crippen molar-refractivity contribution in [2.75, 3.05) is 12.4 Å². The van der Waals surface area contributed by atoms with Gasteiger partial charge in [-0.2, -0.15) is 0 Å². The lowest BCUT2D eigenvalue weighted by Gasteiger charge is -2.18. The van der Waals surface area contributed by atoms with Crippen LogP contribution in [0.2, 0.25) is 0 Å². The Hall–Kier alpha value is -3.13. The molecular weight excluding hydrogens is 426 g/mol. The largest absolute Gasteiger partial charge is 0.465 e. The molecule has 168 valence electrons. The number of aromatic nitrogens is 2. The zero-order chi connectivity index (χ0) is 23.4. The molecule has 0 aliphatic rings. The first-order valence-corrected chi connectivity index (χ1v) is 11.2. The van der Waals surface area contributed by atoms with Crippen molar-refractivity contribution in [3.05, 3.63) is 63.9 Å². The number of benzene rings is 2. The molecule has 0 fully saturated rings. The van der Waals surface area contributed by atoms with E-state index in [2.05, 4.69) is 10.3 Å². The number of amides is 1. The van der Waals surface area contributed by atoms with Gasteiger partial charge in [0.2, 0.25) is 5.91 Å². The zero-order valence-electron chi connectivity index (χ0n) is 18.8. The lowest BCUT2D eigenvalue weighted by Crippen LogP contribution is -2.28. The van der Waals surface area contributed by atoms with Gasteiger partial charge in [0.05, 0.1) is 28.8 Å². The van der Waals surface area contributed by atoms with Gasteiger partial charge in [0.1, 0.15) is 0 Å². The number of rotatable bonds is 7. The number of hydrogen-bond acceptors (Lipinski definition) is 6. The minimum Gasteiger partial charge on any atom is -0.465 e. The average Bonchev–Trinajstić information content (AvgIpc) is 2.76. The van der Waals surface area contributed by atoms with Crippen LogP contribution in [0.3, 0.4) is 0 Å². The van der Waals surface area contributed by atoms with Crippen molar-refractivity contribution >= 4 is 40.2 Å². The number of ether oxygens (including phenoxy) is 1. The van der Waals surface area contributed by atoms with E-state index < -0.39 is 11.2 Å². The molecule has 3 rings (SSSR count). The summed E-state index contributed by atoms with van der Waals surface area (Å²) >= 11 is 1.22. The smallest absolute Gasteiger partial charge is 0.337 e. The lowest BCUT2D eigenvalue weighted by molar-refractivity contribution is -0.115. The Kier molecular flexibility index (Phi) is 7.35. The summed E-state index contributed by atoms with van der Waals surface area (Å²) in [5.74, 6) is -0.481. The van der Waals surface area contributed by atoms with Crippen LogP contribution in [-0.4, -0.2) is 33.8 Å². The zero-order valence-corrected chi connectivity index (χ0v) is 19.7. The molecule has 0 radical (unpaired) electrons. The molecule has 0 saturated heterocycles. The van der Waals surface area contributed by atoms with Gasteiger partial charge in [-0.05, 0) is 50.1 Å². The standard InChI is InChI=1S/C24H27N3O4S/c1-14(2)13-27-22(29)19-11-8-17(23(30)31-5)12-20(19)26-24(27)32-16(4)21(28)25-18-9-6-15(3)7-10-18/h6-12,14,16H,13H2,1-5H3,(H,25,28). The van der Waals surface area contributed by atoms with E-state index in [0.29, 0.717) is 33.9 Å². The van der Waals surface area contributed by atoms with Crippen molar-refractivity contribution in [3.8, 4) is 0 Å². The quantitative estimate of drug-likeness (QED) is 0.326. The van der Waals surface area contributed by atoms with Crippen LogP contribution in [0, 0.1) is 12.8 Å². The number of carbonyl (C=O) groups is 2. The fourth-order valence-corrected chi connectivity index (χ4v) is 4.07. The Morgan fingerprint density at radius 3 is 2.44 bits per heavy atom. The predicted octanol–water partition coefficient (Wildman–Crippen LogP) is 4.27. The third-order valence-corrected chi connectivity index (χ3v) is 5.95. The van der Waals surface area contributed by atoms with Gasteiger partial charge in [0, 0.05) is 12.2 Å². The monoisotopic (exact) mass is 453 g/mol. The number of fused-ring (bicyclic) bond motifs is 1. The Morgan fingerprint density at radius 1 is 1.12 bits per heavy atom. The molecule has 3 aromatic rings. The van der Waals surface area contributed by atoms with Gasteiger partial charge < -0.3 is 10.1 Å². The molecule has 1 N–H and O–H groups in total. The second-order valence-electron chi connectivity index (χ2n) is 8.04. The van der Waals surface area contributed by atoms with Crippen molar-refractivity contribution in [3.63, 3.8) is 0 Å². The van der Waals surface area contributed by atoms with Crippen LogP contribution in [0.1, 0.15) is 36.7 Å². The number of nitrogens with zero attached hydrogens (tertiary/aromatic N) is 2. The first-order valence-electron chi connectivity index (χ1n) is 10.4. The van der Waals surface area contributed by atoms with Crippen molar-refractivity contribution in [1.82, 2.24) is 9.55 Å². The van der Waals surface area contributed by atoms with Crippen LogP contribution in [0.4, 0.5) is 5.69 Å². The maximum atomic E-state index is 13.2. The number of hydrogen-bond donors (Lipinski definition) is 1. The van der Waals surface area contributed by atoms with E-state index in [1.807, 2.05) is 45.0 Å². The first kappa shape index (κ1) is 23.5. The molecule has 1 amide bonds. The highest BCUT2D eigenvalue weighted by Crippen LogP contribution is 2.25. The Balaban J connectivity index is 1.96. The maximum Gasteiger partial charge on any atom is 0.337 e. The van der Waals surface area contributed by atoms with E-state index in [1.54, 1.807) is 29.7 Å². The van der Waals surface area contributed by atoms with Crippen molar-refractivity contribution in [1.29, 1.82) is 0 Å². The summed E-state index contributed by atoms with van der Waals surface area (Å²) in [6.07, 6.45) is 0. The SMILES string of the molecule is COC(=O)c1ccc2c(=O)n(CC(C)C)c(SC(C)C(=O)Nc3ccc(C)cc3)nc2c1. The Labute approximate surface area is 191 Å². The van der Waals surface area contributed by atoms with Crippen LogP contribution in [0.25, 0.3) is 10.9 Å². The third kappa shape index (κ3) is 5.37. The minimum absolute atomic E-state index is 0.187. The molecule has 1 heterocycles. The van der Waals surface area contributed by atoms with Crippen molar-refractivity contribution in [2.24, 2.45) is 5.92 Å². The van der Waals surface area contributed by atoms with Crippen LogP contribution in [-0.2, 0) is 16.1 Å². The third-order valence-electron chi connectivity index (χ3n) is 4.86. The highest BCUT2D eigenvalue weighted by molar-refractivity contribution is 8.00. The van der Waals surface area contributed by atoms with E-state index in [1.165, 1.54) is 18.9 Å². The summed E-state index contributed by atoms with van der Waals surface area (Å²) in [7, 11) is 1.30. The van der Waals surface area contributed by atoms with Gasteiger partial charge in [-0.25, -0.2) is 9.78 Å². The van der Waals surface area contributed by atoms with Gasteiger partial charge in [-0.15, -0.1) is 0 Å². The van der Waals surface area contributed by atoms with Gasteiger partial charge in [-0.3, -0.25) is 14.2 Å². The summed E-state index contributed by atoms with van der Waals surface area (Å²) in [5.41, 5.74) is 2.33. The Bertz CT molecular complexity index is 1200. The molecule has 32 heavy (non-hydrogen) atoms. The molecular formula is C24H27N3O4S. The van der Waals surface area contributed by atoms with Gasteiger partial charge in [0.25, 0.3) is 5.56 Å². The van der Waals surface area contributed by atoms with E-state index >= 15 is 0 Å². The molecule has 7 nitrogen and oxygen atoms in total. The van der Waals surface area contributed by atoms with Crippen LogP contribution in [0.15, 0.2) is 52.4 Å². The van der Waals surface area contributed by atoms with E-state index in [4.69, 9.17) is 4.74 Å². The second-order valence-corrected chi connectivity index (χ2v) is 9.35.